The minimum atomic E-state index is 0.555. The van der Waals surface area contributed by atoms with Crippen molar-refractivity contribution >= 4 is 78.0 Å². The molecule has 0 atom stereocenters. The summed E-state index contributed by atoms with van der Waals surface area (Å²) < 4.78 is 9.93. The third kappa shape index (κ3) is 9.98. The highest BCUT2D eigenvalue weighted by atomic mass is 127. The highest BCUT2D eigenvalue weighted by Crippen LogP contribution is 2.19. The molecule has 0 aliphatic carbocycles. The quantitative estimate of drug-likeness (QED) is 0.240. The van der Waals surface area contributed by atoms with Crippen LogP contribution in [0.1, 0.15) is 12.8 Å². The summed E-state index contributed by atoms with van der Waals surface area (Å²) in [5, 5.41) is 25.2. The maximum atomic E-state index is 4.94. The Morgan fingerprint density at radius 1 is 0.889 bits per heavy atom. The van der Waals surface area contributed by atoms with E-state index in [0.717, 1.165) is 28.0 Å². The second kappa shape index (κ2) is 16.4. The van der Waals surface area contributed by atoms with Crippen molar-refractivity contribution in [2.24, 2.45) is 14.1 Å². The lowest BCUT2D eigenvalue weighted by Crippen LogP contribution is -2.15. The number of ether oxygens (including phenoxy) is 1. The monoisotopic (exact) mass is 736 g/mol. The van der Waals surface area contributed by atoms with Crippen molar-refractivity contribution < 1.29 is 4.74 Å². The average molecular weight is 738 g/mol. The summed E-state index contributed by atoms with van der Waals surface area (Å²) in [5.74, 6) is 2.69. The largest absolute Gasteiger partial charge is 0.381 e. The topological polar surface area (TPSA) is 137 Å². The van der Waals surface area contributed by atoms with Crippen LogP contribution in [0.25, 0.3) is 0 Å². The smallest absolute Gasteiger partial charge is 0.250 e. The first-order chi connectivity index (χ1) is 17.4. The highest BCUT2D eigenvalue weighted by molar-refractivity contribution is 14.1. The predicted octanol–water partition coefficient (Wildman–Crippen LogP) is 4.09. The summed E-state index contributed by atoms with van der Waals surface area (Å²) in [6.45, 7) is 2.00. The van der Waals surface area contributed by atoms with E-state index in [2.05, 4.69) is 101 Å². The molecule has 4 aromatic rings. The van der Waals surface area contributed by atoms with Gasteiger partial charge >= 0.3 is 0 Å². The van der Waals surface area contributed by atoms with Gasteiger partial charge in [0.05, 0.1) is 0 Å². The summed E-state index contributed by atoms with van der Waals surface area (Å²) in [6.07, 6.45) is 5.99. The van der Waals surface area contributed by atoms with Crippen LogP contribution >= 0.6 is 54.5 Å². The van der Waals surface area contributed by atoms with Gasteiger partial charge in [0.2, 0.25) is 5.95 Å². The van der Waals surface area contributed by atoms with Crippen molar-refractivity contribution in [3.8, 4) is 0 Å². The van der Waals surface area contributed by atoms with E-state index < -0.39 is 0 Å². The number of nitrogens with zero attached hydrogens (tertiary/aromatic N) is 11. The van der Waals surface area contributed by atoms with E-state index in [1.165, 1.54) is 17.5 Å². The second-order valence-corrected chi connectivity index (χ2v) is 8.76. The third-order valence-electron chi connectivity index (χ3n) is 4.37. The molecule has 13 nitrogen and oxygen atoms in total. The van der Waals surface area contributed by atoms with Crippen LogP contribution in [0.5, 0.6) is 0 Å². The molecule has 194 valence electrons. The molecule has 0 saturated carbocycles. The van der Waals surface area contributed by atoms with Crippen LogP contribution in [0.15, 0.2) is 45.6 Å². The van der Waals surface area contributed by atoms with E-state index in [9.17, 15) is 0 Å². The Kier molecular flexibility index (Phi) is 13.7. The van der Waals surface area contributed by atoms with Crippen LogP contribution in [-0.4, -0.2) is 75.6 Å². The lowest BCUT2D eigenvalue weighted by atomic mass is 10.4. The van der Waals surface area contributed by atoms with Crippen LogP contribution < -0.4 is 10.2 Å². The zero-order valence-electron chi connectivity index (χ0n) is 20.3. The van der Waals surface area contributed by atoms with Gasteiger partial charge in [0, 0.05) is 55.7 Å². The van der Waals surface area contributed by atoms with Gasteiger partial charge in [0.15, 0.2) is 0 Å². The van der Waals surface area contributed by atoms with Gasteiger partial charge in [0.1, 0.15) is 11.6 Å². The molecule has 1 aliphatic heterocycles. The van der Waals surface area contributed by atoms with Gasteiger partial charge in [-0.2, -0.15) is 0 Å². The molecule has 5 rings (SSSR count). The lowest BCUT2D eigenvalue weighted by Gasteiger charge is -2.14. The van der Waals surface area contributed by atoms with Gasteiger partial charge in [-0.15, -0.1) is 0 Å². The minimum Gasteiger partial charge on any atom is -0.381 e. The van der Waals surface area contributed by atoms with E-state index in [1.807, 2.05) is 41.1 Å². The Morgan fingerprint density at radius 2 is 1.50 bits per heavy atom. The fourth-order valence-electron chi connectivity index (χ4n) is 2.59. The molecule has 36 heavy (non-hydrogen) atoms. The highest BCUT2D eigenvalue weighted by Gasteiger charge is 2.11. The first kappa shape index (κ1) is 29.9. The van der Waals surface area contributed by atoms with E-state index in [-0.39, 0.29) is 0 Å². The standard InChI is InChI=1S/C8H9BrN6.C7H7BrN6.C4H8O.CH3I/c1-14(8-11-12-13-15(8)2)7-4-3-6(9)5-10-7;1-14-7(11-12-13-14)10-6-3-2-5(8)4-9-6;1-2-4-5-3-1;1-2/h3-5H,1-2H3;2-4H,1H3,(H,9,10,11,13);1-4H2;1H3. The number of nitrogens with one attached hydrogen (secondary N) is 1. The number of rotatable bonds is 4. The lowest BCUT2D eigenvalue weighted by molar-refractivity contribution is 0.198. The average Bonchev–Trinajstić information content (AvgIpc) is 3.68. The number of alkyl halides is 1. The van der Waals surface area contributed by atoms with E-state index in [4.69, 9.17) is 4.74 Å². The Hall–Kier alpha value is -2.31. The fourth-order valence-corrected chi connectivity index (χ4v) is 3.06. The maximum absolute atomic E-state index is 4.94. The first-order valence-electron chi connectivity index (χ1n) is 10.6. The number of anilines is 4. The molecule has 0 unspecified atom stereocenters. The van der Waals surface area contributed by atoms with E-state index in [1.54, 1.807) is 31.2 Å². The molecule has 0 bridgehead atoms. The SMILES string of the molecule is C1CCOC1.CI.CN(c1ccc(Br)cn1)c1nnnn1C.Cn1nnnc1Nc1ccc(Br)cn1. The molecular formula is C20H27Br2IN12O. The van der Waals surface area contributed by atoms with Gasteiger partial charge in [-0.1, -0.05) is 32.8 Å². The maximum Gasteiger partial charge on any atom is 0.250 e. The van der Waals surface area contributed by atoms with E-state index in [0.29, 0.717) is 17.7 Å². The number of halogens is 3. The van der Waals surface area contributed by atoms with Crippen LogP contribution in [0.4, 0.5) is 23.5 Å². The fraction of sp³-hybridized carbons (Fsp3) is 0.400. The van der Waals surface area contributed by atoms with Crippen molar-refractivity contribution in [3.05, 3.63) is 45.6 Å². The number of pyridine rings is 2. The van der Waals surface area contributed by atoms with Gasteiger partial charge in [-0.25, -0.2) is 19.3 Å². The zero-order chi connectivity index (χ0) is 26.3. The molecule has 5 heterocycles. The van der Waals surface area contributed by atoms with Gasteiger partial charge < -0.3 is 10.1 Å². The molecule has 1 saturated heterocycles. The number of aromatic nitrogens is 10. The summed E-state index contributed by atoms with van der Waals surface area (Å²) in [6, 6.07) is 7.53. The van der Waals surface area contributed by atoms with E-state index >= 15 is 0 Å². The third-order valence-corrected chi connectivity index (χ3v) is 5.31. The molecule has 1 N–H and O–H groups in total. The molecule has 1 fully saturated rings. The van der Waals surface area contributed by atoms with Crippen molar-refractivity contribution in [1.82, 2.24) is 50.4 Å². The summed E-state index contributed by atoms with van der Waals surface area (Å²) in [7, 11) is 5.40. The molecule has 0 spiro atoms. The molecule has 16 heteroatoms. The number of aryl methyl sites for hydroxylation is 2. The Morgan fingerprint density at radius 3 is 1.94 bits per heavy atom. The van der Waals surface area contributed by atoms with Gasteiger partial charge in [0.25, 0.3) is 5.95 Å². The van der Waals surface area contributed by atoms with Crippen molar-refractivity contribution in [2.75, 3.05) is 35.4 Å². The molecule has 0 aromatic carbocycles. The van der Waals surface area contributed by atoms with Crippen molar-refractivity contribution in [1.29, 1.82) is 0 Å². The number of tetrazole rings is 2. The van der Waals surface area contributed by atoms with Crippen molar-refractivity contribution in [3.63, 3.8) is 0 Å². The Bertz CT molecular complexity index is 1130. The molecule has 4 aromatic heterocycles. The van der Waals surface area contributed by atoms with Crippen LogP contribution in [-0.2, 0) is 18.8 Å². The first-order valence-corrected chi connectivity index (χ1v) is 14.3. The molecular weight excluding hydrogens is 711 g/mol. The normalized spacial score (nSPS) is 11.8. The summed E-state index contributed by atoms with van der Waals surface area (Å²) in [4.78, 5) is 12.2. The Balaban J connectivity index is 0.000000202. The zero-order valence-corrected chi connectivity index (χ0v) is 25.6. The van der Waals surface area contributed by atoms with Gasteiger partial charge in [-0.05, 0) is 94.8 Å². The summed E-state index contributed by atoms with van der Waals surface area (Å²) in [5.41, 5.74) is 0. The molecule has 1 aliphatic rings. The molecule has 0 amide bonds. The minimum absolute atomic E-state index is 0.555. The van der Waals surface area contributed by atoms with Gasteiger partial charge in [-0.3, -0.25) is 4.90 Å². The Labute approximate surface area is 239 Å². The second-order valence-electron chi connectivity index (χ2n) is 6.93. The number of hydrogen-bond donors (Lipinski definition) is 1. The predicted molar refractivity (Wildman–Crippen MR) is 153 cm³/mol. The van der Waals surface area contributed by atoms with Crippen LogP contribution in [0, 0.1) is 0 Å². The van der Waals surface area contributed by atoms with Crippen LogP contribution in [0.2, 0.25) is 0 Å². The number of hydrogen-bond acceptors (Lipinski definition) is 11. The molecule has 0 radical (unpaired) electrons. The van der Waals surface area contributed by atoms with Crippen LogP contribution in [0.3, 0.4) is 0 Å². The summed E-state index contributed by atoms with van der Waals surface area (Å²) >= 11 is 8.78. The van der Waals surface area contributed by atoms with Crippen molar-refractivity contribution in [2.45, 2.75) is 12.8 Å².